The molecule has 1 aromatic heterocycles. The third kappa shape index (κ3) is 2.81. The van der Waals surface area contributed by atoms with Gasteiger partial charge in [-0.3, -0.25) is 0 Å². The summed E-state index contributed by atoms with van der Waals surface area (Å²) < 4.78 is 5.63. The molecule has 0 aliphatic heterocycles. The van der Waals surface area contributed by atoms with Crippen molar-refractivity contribution in [3.63, 3.8) is 0 Å². The molecule has 0 saturated heterocycles. The molecule has 88 valence electrons. The monoisotopic (exact) mass is 267 g/mol. The van der Waals surface area contributed by atoms with Crippen LogP contribution in [0.4, 0.5) is 5.95 Å². The number of thioether (sulfide) groups is 1. The summed E-state index contributed by atoms with van der Waals surface area (Å²) in [6, 6.07) is 7.63. The number of nitrogens with two attached hydrogens (primary N) is 1. The quantitative estimate of drug-likeness (QED) is 0.865. The number of anilines is 1. The van der Waals surface area contributed by atoms with Gasteiger partial charge >= 0.3 is 0 Å². The van der Waals surface area contributed by atoms with Gasteiger partial charge in [0.25, 0.3) is 0 Å². The highest BCUT2D eigenvalue weighted by Gasteiger charge is 2.09. The standard InChI is InChI=1S/C11H10ClN3OS/c1-17-9-5-3-2-4-8(9)16-10-7(12)6-14-11(13)15-10/h2-6H,1H3,(H2,13,14,15). The number of ether oxygens (including phenoxy) is 1. The molecule has 17 heavy (non-hydrogen) atoms. The van der Waals surface area contributed by atoms with Crippen LogP contribution in [0.25, 0.3) is 0 Å². The SMILES string of the molecule is CSc1ccccc1Oc1nc(N)ncc1Cl. The fourth-order valence-corrected chi connectivity index (χ4v) is 1.90. The van der Waals surface area contributed by atoms with E-state index in [1.54, 1.807) is 11.8 Å². The van der Waals surface area contributed by atoms with Gasteiger partial charge in [0.15, 0.2) is 0 Å². The normalized spacial score (nSPS) is 10.2. The Bertz CT molecular complexity index is 536. The van der Waals surface area contributed by atoms with Crippen LogP contribution < -0.4 is 10.5 Å². The molecule has 2 N–H and O–H groups in total. The molecule has 0 aliphatic carbocycles. The summed E-state index contributed by atoms with van der Waals surface area (Å²) in [6.07, 6.45) is 3.39. The Labute approximate surface area is 108 Å². The minimum Gasteiger partial charge on any atom is -0.436 e. The van der Waals surface area contributed by atoms with Gasteiger partial charge in [0.1, 0.15) is 10.8 Å². The molecule has 0 radical (unpaired) electrons. The van der Waals surface area contributed by atoms with E-state index in [-0.39, 0.29) is 11.8 Å². The zero-order valence-corrected chi connectivity index (χ0v) is 10.6. The second-order valence-corrected chi connectivity index (χ2v) is 4.39. The largest absolute Gasteiger partial charge is 0.436 e. The van der Waals surface area contributed by atoms with Gasteiger partial charge in [-0.25, -0.2) is 4.98 Å². The minimum atomic E-state index is 0.131. The van der Waals surface area contributed by atoms with Gasteiger partial charge in [0.05, 0.1) is 6.20 Å². The van der Waals surface area contributed by atoms with E-state index in [1.807, 2.05) is 30.5 Å². The van der Waals surface area contributed by atoms with Crippen LogP contribution in [0.3, 0.4) is 0 Å². The lowest BCUT2D eigenvalue weighted by molar-refractivity contribution is 0.452. The number of nitrogens with zero attached hydrogens (tertiary/aromatic N) is 2. The Morgan fingerprint density at radius 1 is 1.35 bits per heavy atom. The van der Waals surface area contributed by atoms with Gasteiger partial charge in [-0.1, -0.05) is 23.7 Å². The van der Waals surface area contributed by atoms with Crippen molar-refractivity contribution < 1.29 is 4.74 Å². The fourth-order valence-electron chi connectivity index (χ4n) is 1.24. The number of benzene rings is 1. The molecule has 4 nitrogen and oxygen atoms in total. The van der Waals surface area contributed by atoms with Crippen molar-refractivity contribution in [2.24, 2.45) is 0 Å². The molecule has 1 aromatic carbocycles. The van der Waals surface area contributed by atoms with Crippen molar-refractivity contribution in [3.8, 4) is 11.6 Å². The maximum Gasteiger partial charge on any atom is 0.243 e. The van der Waals surface area contributed by atoms with E-state index >= 15 is 0 Å². The van der Waals surface area contributed by atoms with Crippen molar-refractivity contribution in [1.29, 1.82) is 0 Å². The lowest BCUT2D eigenvalue weighted by Gasteiger charge is -2.09. The van der Waals surface area contributed by atoms with Gasteiger partial charge in [-0.15, -0.1) is 11.8 Å². The van der Waals surface area contributed by atoms with E-state index in [9.17, 15) is 0 Å². The van der Waals surface area contributed by atoms with Crippen LogP contribution in [0.5, 0.6) is 11.6 Å². The van der Waals surface area contributed by atoms with Gasteiger partial charge in [0, 0.05) is 4.90 Å². The van der Waals surface area contributed by atoms with E-state index in [0.717, 1.165) is 4.90 Å². The maximum absolute atomic E-state index is 5.93. The summed E-state index contributed by atoms with van der Waals surface area (Å²) in [7, 11) is 0. The molecule has 0 aliphatic rings. The van der Waals surface area contributed by atoms with Crippen molar-refractivity contribution in [2.75, 3.05) is 12.0 Å². The Kier molecular flexibility index (Phi) is 3.71. The zero-order valence-electron chi connectivity index (χ0n) is 9.05. The molecule has 0 saturated carbocycles. The molecular weight excluding hydrogens is 258 g/mol. The summed E-state index contributed by atoms with van der Waals surface area (Å²) in [5, 5.41) is 0.329. The summed E-state index contributed by atoms with van der Waals surface area (Å²) in [5.74, 6) is 1.09. The van der Waals surface area contributed by atoms with Crippen LogP contribution in [0.15, 0.2) is 35.4 Å². The van der Waals surface area contributed by atoms with Crippen LogP contribution in [-0.2, 0) is 0 Å². The molecule has 0 atom stereocenters. The van der Waals surface area contributed by atoms with Crippen molar-refractivity contribution >= 4 is 29.3 Å². The number of hydrogen-bond acceptors (Lipinski definition) is 5. The Balaban J connectivity index is 2.34. The molecular formula is C11H10ClN3OS. The smallest absolute Gasteiger partial charge is 0.243 e. The summed E-state index contributed by atoms with van der Waals surface area (Å²) >= 11 is 7.51. The summed E-state index contributed by atoms with van der Waals surface area (Å²) in [4.78, 5) is 8.72. The van der Waals surface area contributed by atoms with E-state index in [1.165, 1.54) is 6.20 Å². The van der Waals surface area contributed by atoms with Gasteiger partial charge in [-0.2, -0.15) is 4.98 Å². The van der Waals surface area contributed by atoms with Crippen LogP contribution in [-0.4, -0.2) is 16.2 Å². The third-order valence-electron chi connectivity index (χ3n) is 2.01. The third-order valence-corrected chi connectivity index (χ3v) is 3.04. The van der Waals surface area contributed by atoms with Crippen molar-refractivity contribution in [2.45, 2.75) is 4.90 Å². The Hall–Kier alpha value is -1.46. The van der Waals surface area contributed by atoms with Crippen LogP contribution >= 0.6 is 23.4 Å². The highest BCUT2D eigenvalue weighted by atomic mass is 35.5. The van der Waals surface area contributed by atoms with Gasteiger partial charge in [0.2, 0.25) is 11.8 Å². The molecule has 2 rings (SSSR count). The molecule has 0 fully saturated rings. The lowest BCUT2D eigenvalue weighted by Crippen LogP contribution is -1.97. The summed E-state index contributed by atoms with van der Waals surface area (Å²) in [6.45, 7) is 0. The minimum absolute atomic E-state index is 0.131. The average molecular weight is 268 g/mol. The van der Waals surface area contributed by atoms with Crippen LogP contribution in [0, 0.1) is 0 Å². The molecule has 0 unspecified atom stereocenters. The van der Waals surface area contributed by atoms with E-state index in [0.29, 0.717) is 10.8 Å². The molecule has 0 spiro atoms. The second-order valence-electron chi connectivity index (χ2n) is 3.13. The van der Waals surface area contributed by atoms with E-state index in [2.05, 4.69) is 9.97 Å². The first-order valence-electron chi connectivity index (χ1n) is 4.79. The Morgan fingerprint density at radius 3 is 2.88 bits per heavy atom. The first-order valence-corrected chi connectivity index (χ1v) is 6.40. The maximum atomic E-state index is 5.93. The average Bonchev–Trinajstić information content (AvgIpc) is 2.34. The van der Waals surface area contributed by atoms with Gasteiger partial charge in [-0.05, 0) is 18.4 Å². The number of hydrogen-bond donors (Lipinski definition) is 1. The molecule has 1 heterocycles. The Morgan fingerprint density at radius 2 is 2.12 bits per heavy atom. The first-order chi connectivity index (χ1) is 8.20. The number of para-hydroxylation sites is 1. The lowest BCUT2D eigenvalue weighted by atomic mass is 10.3. The van der Waals surface area contributed by atoms with E-state index in [4.69, 9.17) is 22.1 Å². The molecule has 0 bridgehead atoms. The molecule has 0 amide bonds. The van der Waals surface area contributed by atoms with Crippen molar-refractivity contribution in [3.05, 3.63) is 35.5 Å². The molecule has 2 aromatic rings. The first kappa shape index (κ1) is 12.0. The highest BCUT2D eigenvalue weighted by molar-refractivity contribution is 7.98. The second kappa shape index (κ2) is 5.25. The zero-order chi connectivity index (χ0) is 12.3. The molecule has 6 heteroatoms. The number of halogens is 1. The topological polar surface area (TPSA) is 61.0 Å². The fraction of sp³-hybridized carbons (Fsp3) is 0.0909. The van der Waals surface area contributed by atoms with Crippen molar-refractivity contribution in [1.82, 2.24) is 9.97 Å². The number of rotatable bonds is 3. The highest BCUT2D eigenvalue weighted by Crippen LogP contribution is 2.33. The predicted octanol–water partition coefficient (Wildman–Crippen LogP) is 3.23. The number of nitrogen functional groups attached to an aromatic ring is 1. The predicted molar refractivity (Wildman–Crippen MR) is 69.8 cm³/mol. The van der Waals surface area contributed by atoms with Crippen LogP contribution in [0.2, 0.25) is 5.02 Å². The summed E-state index contributed by atoms with van der Waals surface area (Å²) in [5.41, 5.74) is 5.49. The van der Waals surface area contributed by atoms with Crippen LogP contribution in [0.1, 0.15) is 0 Å². The number of aromatic nitrogens is 2. The van der Waals surface area contributed by atoms with Gasteiger partial charge < -0.3 is 10.5 Å². The van der Waals surface area contributed by atoms with E-state index < -0.39 is 0 Å².